The van der Waals surface area contributed by atoms with E-state index in [1.165, 1.54) is 12.1 Å². The number of hydrogen-bond acceptors (Lipinski definition) is 3. The molecule has 1 unspecified atom stereocenters. The van der Waals surface area contributed by atoms with Crippen LogP contribution in [0, 0.1) is 11.7 Å². The highest BCUT2D eigenvalue weighted by atomic mass is 35.5. The molecule has 0 bridgehead atoms. The lowest BCUT2D eigenvalue weighted by Gasteiger charge is -2.14. The molecule has 5 nitrogen and oxygen atoms in total. The first-order chi connectivity index (χ1) is 12.4. The highest BCUT2D eigenvalue weighted by molar-refractivity contribution is 6.30. The van der Waals surface area contributed by atoms with Gasteiger partial charge in [0.25, 0.3) is 5.91 Å². The van der Waals surface area contributed by atoms with Crippen molar-refractivity contribution in [2.45, 2.75) is 13.3 Å². The Morgan fingerprint density at radius 1 is 1.23 bits per heavy atom. The van der Waals surface area contributed by atoms with Gasteiger partial charge in [-0.05, 0) is 49.2 Å². The molecule has 0 aromatic heterocycles. The van der Waals surface area contributed by atoms with E-state index in [2.05, 4.69) is 5.32 Å². The molecular formula is C19H19ClFNO4. The standard InChI is InChI=1S/C19H19ClFNO4/c1-2-26-15-6-3-12(4-7-15)9-13(19(24)25)11-22-18(23)16-8-5-14(20)10-17(16)21/h3-8,10,13H,2,9,11H2,1H3,(H,22,23)(H,24,25). The lowest BCUT2D eigenvalue weighted by molar-refractivity contribution is -0.141. The summed E-state index contributed by atoms with van der Waals surface area (Å²) in [5, 5.41) is 12.0. The number of carbonyl (C=O) groups excluding carboxylic acids is 1. The molecule has 0 saturated heterocycles. The Bertz CT molecular complexity index is 780. The van der Waals surface area contributed by atoms with Crippen molar-refractivity contribution < 1.29 is 23.8 Å². The Labute approximate surface area is 155 Å². The third-order valence-corrected chi connectivity index (χ3v) is 3.99. The summed E-state index contributed by atoms with van der Waals surface area (Å²) in [6.45, 7) is 2.30. The van der Waals surface area contributed by atoms with Gasteiger partial charge in [-0.1, -0.05) is 23.7 Å². The number of benzene rings is 2. The second kappa shape index (κ2) is 9.20. The molecule has 0 aliphatic carbocycles. The summed E-state index contributed by atoms with van der Waals surface area (Å²) in [6.07, 6.45) is 0.227. The van der Waals surface area contributed by atoms with Crippen molar-refractivity contribution in [1.82, 2.24) is 5.32 Å². The van der Waals surface area contributed by atoms with Crippen LogP contribution in [0.2, 0.25) is 5.02 Å². The van der Waals surface area contributed by atoms with E-state index in [0.29, 0.717) is 12.4 Å². The number of ether oxygens (including phenoxy) is 1. The molecule has 0 fully saturated rings. The van der Waals surface area contributed by atoms with Crippen LogP contribution in [0.15, 0.2) is 42.5 Å². The van der Waals surface area contributed by atoms with Gasteiger partial charge in [0, 0.05) is 11.6 Å². The number of carboxylic acids is 1. The van der Waals surface area contributed by atoms with Gasteiger partial charge in [0.15, 0.2) is 0 Å². The van der Waals surface area contributed by atoms with Crippen LogP contribution in [0.25, 0.3) is 0 Å². The van der Waals surface area contributed by atoms with Crippen molar-refractivity contribution in [2.24, 2.45) is 5.92 Å². The van der Waals surface area contributed by atoms with Crippen LogP contribution in [-0.4, -0.2) is 30.1 Å². The third kappa shape index (κ3) is 5.46. The number of carbonyl (C=O) groups is 2. The topological polar surface area (TPSA) is 75.6 Å². The first kappa shape index (κ1) is 19.7. The SMILES string of the molecule is CCOc1ccc(CC(CNC(=O)c2ccc(Cl)cc2F)C(=O)O)cc1. The Kier molecular flexibility index (Phi) is 6.97. The minimum absolute atomic E-state index is 0.122. The van der Waals surface area contributed by atoms with Gasteiger partial charge in [-0.3, -0.25) is 9.59 Å². The Morgan fingerprint density at radius 3 is 2.50 bits per heavy atom. The zero-order valence-electron chi connectivity index (χ0n) is 14.2. The minimum atomic E-state index is -1.05. The van der Waals surface area contributed by atoms with Gasteiger partial charge in [0.2, 0.25) is 0 Å². The molecule has 1 atom stereocenters. The van der Waals surface area contributed by atoms with Crippen molar-refractivity contribution in [3.63, 3.8) is 0 Å². The van der Waals surface area contributed by atoms with Crippen molar-refractivity contribution in [2.75, 3.05) is 13.2 Å². The second-order valence-electron chi connectivity index (χ2n) is 5.65. The Balaban J connectivity index is 1.99. The summed E-state index contributed by atoms with van der Waals surface area (Å²) in [6, 6.07) is 10.8. The van der Waals surface area contributed by atoms with Crippen LogP contribution in [0.4, 0.5) is 4.39 Å². The number of carboxylic acid groups (broad SMARTS) is 1. The molecule has 2 aromatic rings. The van der Waals surface area contributed by atoms with Crippen LogP contribution in [0.3, 0.4) is 0 Å². The first-order valence-corrected chi connectivity index (χ1v) is 8.46. The molecule has 0 spiro atoms. The fourth-order valence-corrected chi connectivity index (χ4v) is 2.56. The number of aliphatic carboxylic acids is 1. The molecule has 0 aliphatic rings. The van der Waals surface area contributed by atoms with Crippen LogP contribution in [-0.2, 0) is 11.2 Å². The maximum atomic E-state index is 13.8. The van der Waals surface area contributed by atoms with Gasteiger partial charge in [0.05, 0.1) is 18.1 Å². The predicted molar refractivity (Wildman–Crippen MR) is 96.2 cm³/mol. The summed E-state index contributed by atoms with van der Waals surface area (Å²) in [4.78, 5) is 23.5. The van der Waals surface area contributed by atoms with Gasteiger partial charge in [0.1, 0.15) is 11.6 Å². The fraction of sp³-hybridized carbons (Fsp3) is 0.263. The maximum absolute atomic E-state index is 13.8. The highest BCUT2D eigenvalue weighted by Gasteiger charge is 2.20. The molecule has 138 valence electrons. The van der Waals surface area contributed by atoms with Gasteiger partial charge in [-0.25, -0.2) is 4.39 Å². The normalized spacial score (nSPS) is 11.7. The third-order valence-electron chi connectivity index (χ3n) is 3.75. The van der Waals surface area contributed by atoms with Gasteiger partial charge in [-0.2, -0.15) is 0 Å². The molecule has 26 heavy (non-hydrogen) atoms. The molecule has 7 heteroatoms. The van der Waals surface area contributed by atoms with E-state index in [1.807, 2.05) is 6.92 Å². The zero-order chi connectivity index (χ0) is 19.1. The van der Waals surface area contributed by atoms with Gasteiger partial charge < -0.3 is 15.2 Å². The molecule has 0 radical (unpaired) electrons. The summed E-state index contributed by atoms with van der Waals surface area (Å²) >= 11 is 5.65. The number of hydrogen-bond donors (Lipinski definition) is 2. The lowest BCUT2D eigenvalue weighted by atomic mass is 9.99. The number of rotatable bonds is 8. The molecule has 2 N–H and O–H groups in total. The largest absolute Gasteiger partial charge is 0.494 e. The average molecular weight is 380 g/mol. The van der Waals surface area contributed by atoms with Crippen LogP contribution in [0.1, 0.15) is 22.8 Å². The van der Waals surface area contributed by atoms with Crippen molar-refractivity contribution in [1.29, 1.82) is 0 Å². The van der Waals surface area contributed by atoms with Crippen LogP contribution >= 0.6 is 11.6 Å². The molecule has 0 saturated carbocycles. The average Bonchev–Trinajstić information content (AvgIpc) is 2.59. The number of nitrogens with one attached hydrogen (secondary N) is 1. The van der Waals surface area contributed by atoms with E-state index >= 15 is 0 Å². The monoisotopic (exact) mass is 379 g/mol. The van der Waals surface area contributed by atoms with Crippen molar-refractivity contribution in [3.8, 4) is 5.75 Å². The van der Waals surface area contributed by atoms with E-state index in [1.54, 1.807) is 24.3 Å². The fourth-order valence-electron chi connectivity index (χ4n) is 2.40. The summed E-state index contributed by atoms with van der Waals surface area (Å²) < 4.78 is 19.1. The summed E-state index contributed by atoms with van der Waals surface area (Å²) in [5.74, 6) is -2.62. The van der Waals surface area contributed by atoms with E-state index in [0.717, 1.165) is 11.6 Å². The number of halogens is 2. The van der Waals surface area contributed by atoms with Crippen molar-refractivity contribution in [3.05, 3.63) is 64.4 Å². The van der Waals surface area contributed by atoms with Gasteiger partial charge in [-0.15, -0.1) is 0 Å². The summed E-state index contributed by atoms with van der Waals surface area (Å²) in [7, 11) is 0. The van der Waals surface area contributed by atoms with E-state index in [9.17, 15) is 19.1 Å². The van der Waals surface area contributed by atoms with Gasteiger partial charge >= 0.3 is 5.97 Å². The first-order valence-electron chi connectivity index (χ1n) is 8.08. The molecular weight excluding hydrogens is 361 g/mol. The maximum Gasteiger partial charge on any atom is 0.308 e. The zero-order valence-corrected chi connectivity index (χ0v) is 14.9. The Hall–Kier alpha value is -2.60. The molecule has 2 rings (SSSR count). The minimum Gasteiger partial charge on any atom is -0.494 e. The highest BCUT2D eigenvalue weighted by Crippen LogP contribution is 2.17. The number of amides is 1. The molecule has 1 amide bonds. The van der Waals surface area contributed by atoms with Crippen LogP contribution < -0.4 is 10.1 Å². The van der Waals surface area contributed by atoms with E-state index in [-0.39, 0.29) is 23.6 Å². The quantitative estimate of drug-likeness (QED) is 0.735. The smallest absolute Gasteiger partial charge is 0.308 e. The van der Waals surface area contributed by atoms with Crippen LogP contribution in [0.5, 0.6) is 5.75 Å². The van der Waals surface area contributed by atoms with E-state index < -0.39 is 23.6 Å². The molecule has 0 heterocycles. The predicted octanol–water partition coefficient (Wildman–Crippen LogP) is 3.55. The van der Waals surface area contributed by atoms with E-state index in [4.69, 9.17) is 16.3 Å². The van der Waals surface area contributed by atoms with Crippen molar-refractivity contribution >= 4 is 23.5 Å². The summed E-state index contributed by atoms with van der Waals surface area (Å²) in [5.41, 5.74) is 0.618. The molecule has 0 aliphatic heterocycles. The Morgan fingerprint density at radius 2 is 1.92 bits per heavy atom. The second-order valence-corrected chi connectivity index (χ2v) is 6.09. The molecule has 2 aromatic carbocycles. The lowest BCUT2D eigenvalue weighted by Crippen LogP contribution is -2.34.